The molecule has 1 aliphatic rings. The van der Waals surface area contributed by atoms with E-state index in [1.807, 2.05) is 67.6 Å². The Morgan fingerprint density at radius 3 is 2.12 bits per heavy atom. The zero-order valence-electron chi connectivity index (χ0n) is 14.7. The fraction of sp³-hybridized carbons (Fsp3) is 0.250. The molecule has 0 aliphatic carbocycles. The van der Waals surface area contributed by atoms with E-state index in [9.17, 15) is 9.59 Å². The summed E-state index contributed by atoms with van der Waals surface area (Å²) in [5.41, 5.74) is 0.264. The van der Waals surface area contributed by atoms with E-state index in [0.717, 1.165) is 17.5 Å². The lowest BCUT2D eigenvalue weighted by Gasteiger charge is -2.28. The van der Waals surface area contributed by atoms with Gasteiger partial charge in [-0.1, -0.05) is 67.6 Å². The van der Waals surface area contributed by atoms with E-state index in [1.165, 1.54) is 4.90 Å². The minimum atomic E-state index is -1.20. The second-order valence-corrected chi connectivity index (χ2v) is 6.20. The van der Waals surface area contributed by atoms with Gasteiger partial charge in [0.25, 0.3) is 5.91 Å². The van der Waals surface area contributed by atoms with Gasteiger partial charge in [0.2, 0.25) is 5.91 Å². The molecule has 0 bridgehead atoms. The van der Waals surface area contributed by atoms with Crippen LogP contribution in [0.1, 0.15) is 24.5 Å². The molecule has 0 spiro atoms. The summed E-state index contributed by atoms with van der Waals surface area (Å²) in [6, 6.07) is 18.6. The summed E-state index contributed by atoms with van der Waals surface area (Å²) in [6.07, 6.45) is 0.813. The molecule has 6 nitrogen and oxygen atoms in total. The normalized spacial score (nSPS) is 15.7. The van der Waals surface area contributed by atoms with Crippen LogP contribution in [0.2, 0.25) is 0 Å². The van der Waals surface area contributed by atoms with Crippen LogP contribution in [0, 0.1) is 5.41 Å². The number of guanidine groups is 1. The van der Waals surface area contributed by atoms with Gasteiger partial charge in [-0.15, -0.1) is 0 Å². The van der Waals surface area contributed by atoms with Crippen molar-refractivity contribution in [3.63, 3.8) is 0 Å². The van der Waals surface area contributed by atoms with Gasteiger partial charge in [0.15, 0.2) is 11.5 Å². The first-order chi connectivity index (χ1) is 12.6. The van der Waals surface area contributed by atoms with Crippen LogP contribution in [0.4, 0.5) is 0 Å². The summed E-state index contributed by atoms with van der Waals surface area (Å²) in [5.74, 6) is -0.676. The highest BCUT2D eigenvalue weighted by Gasteiger charge is 2.52. The largest absolute Gasteiger partial charge is 0.355 e. The van der Waals surface area contributed by atoms with Gasteiger partial charge in [-0.3, -0.25) is 19.9 Å². The summed E-state index contributed by atoms with van der Waals surface area (Å²) in [7, 11) is 0. The quantitative estimate of drug-likeness (QED) is 0.743. The minimum absolute atomic E-state index is 0.0747. The Labute approximate surface area is 152 Å². The zero-order valence-corrected chi connectivity index (χ0v) is 14.7. The average molecular weight is 350 g/mol. The molecule has 3 rings (SSSR count). The molecule has 0 atom stereocenters. The lowest BCUT2D eigenvalue weighted by molar-refractivity contribution is -0.133. The van der Waals surface area contributed by atoms with E-state index in [4.69, 9.17) is 5.41 Å². The van der Waals surface area contributed by atoms with Crippen LogP contribution in [0.25, 0.3) is 0 Å². The van der Waals surface area contributed by atoms with Crippen LogP contribution in [0.3, 0.4) is 0 Å². The number of carbonyl (C=O) groups excluding carboxylic acids is 2. The molecule has 0 unspecified atom stereocenters. The molecule has 26 heavy (non-hydrogen) atoms. The first-order valence-electron chi connectivity index (χ1n) is 8.66. The second-order valence-electron chi connectivity index (χ2n) is 6.20. The third-order valence-electron chi connectivity index (χ3n) is 4.43. The predicted molar refractivity (Wildman–Crippen MR) is 99.5 cm³/mol. The van der Waals surface area contributed by atoms with Crippen molar-refractivity contribution in [2.24, 2.45) is 0 Å². The number of nitrogens with zero attached hydrogens (tertiary/aromatic N) is 1. The van der Waals surface area contributed by atoms with Gasteiger partial charge < -0.3 is 10.6 Å². The van der Waals surface area contributed by atoms with Gasteiger partial charge in [-0.05, 0) is 17.5 Å². The molecule has 1 saturated heterocycles. The summed E-state index contributed by atoms with van der Waals surface area (Å²) >= 11 is 0. The highest BCUT2D eigenvalue weighted by Crippen LogP contribution is 2.35. The summed E-state index contributed by atoms with van der Waals surface area (Å²) in [6.45, 7) is 2.33. The van der Waals surface area contributed by atoms with E-state index in [0.29, 0.717) is 6.54 Å². The van der Waals surface area contributed by atoms with Gasteiger partial charge in [-0.25, -0.2) is 0 Å². The molecule has 0 saturated carbocycles. The lowest BCUT2D eigenvalue weighted by Crippen LogP contribution is -2.46. The van der Waals surface area contributed by atoms with Crippen molar-refractivity contribution in [2.45, 2.75) is 18.9 Å². The summed E-state index contributed by atoms with van der Waals surface area (Å²) in [4.78, 5) is 26.7. The number of benzene rings is 2. The predicted octanol–water partition coefficient (Wildman–Crippen LogP) is 1.82. The molecule has 6 heteroatoms. The van der Waals surface area contributed by atoms with Gasteiger partial charge in [0.05, 0.1) is 0 Å². The van der Waals surface area contributed by atoms with E-state index < -0.39 is 5.54 Å². The van der Waals surface area contributed by atoms with Crippen LogP contribution < -0.4 is 10.6 Å². The molecular weight excluding hydrogens is 328 g/mol. The minimum Gasteiger partial charge on any atom is -0.355 e. The Bertz CT molecular complexity index is 766. The molecule has 134 valence electrons. The maximum atomic E-state index is 13.4. The monoisotopic (exact) mass is 350 g/mol. The number of hydrogen-bond acceptors (Lipinski definition) is 3. The number of nitrogens with one attached hydrogen (secondary N) is 3. The van der Waals surface area contributed by atoms with Crippen molar-refractivity contribution in [1.29, 1.82) is 5.41 Å². The van der Waals surface area contributed by atoms with Crippen LogP contribution in [-0.2, 0) is 15.1 Å². The SMILES string of the molecule is CCCNC(=O)CN1C(=N)NC(c2ccccc2)(c2ccccc2)C1=O. The fourth-order valence-electron chi connectivity index (χ4n) is 3.15. The second kappa shape index (κ2) is 7.39. The van der Waals surface area contributed by atoms with Gasteiger partial charge in [0.1, 0.15) is 6.54 Å². The Morgan fingerprint density at radius 1 is 1.08 bits per heavy atom. The Balaban J connectivity index is 2.00. The topological polar surface area (TPSA) is 85.3 Å². The van der Waals surface area contributed by atoms with Crippen LogP contribution in [0.15, 0.2) is 60.7 Å². The first-order valence-corrected chi connectivity index (χ1v) is 8.66. The Morgan fingerprint density at radius 2 is 1.62 bits per heavy atom. The number of hydrogen-bond donors (Lipinski definition) is 3. The third-order valence-corrected chi connectivity index (χ3v) is 4.43. The molecule has 1 fully saturated rings. The molecular formula is C20H22N4O2. The highest BCUT2D eigenvalue weighted by atomic mass is 16.2. The summed E-state index contributed by atoms with van der Waals surface area (Å²) < 4.78 is 0. The molecule has 0 aromatic heterocycles. The van der Waals surface area contributed by atoms with Crippen molar-refractivity contribution < 1.29 is 9.59 Å². The van der Waals surface area contributed by atoms with E-state index in [-0.39, 0.29) is 24.3 Å². The summed E-state index contributed by atoms with van der Waals surface area (Å²) in [5, 5.41) is 14.1. The molecule has 2 amide bonds. The van der Waals surface area contributed by atoms with Crippen molar-refractivity contribution in [1.82, 2.24) is 15.5 Å². The number of amides is 2. The van der Waals surface area contributed by atoms with Crippen LogP contribution >= 0.6 is 0 Å². The van der Waals surface area contributed by atoms with E-state index >= 15 is 0 Å². The van der Waals surface area contributed by atoms with Crippen molar-refractivity contribution in [3.8, 4) is 0 Å². The van der Waals surface area contributed by atoms with E-state index in [1.54, 1.807) is 0 Å². The van der Waals surface area contributed by atoms with Crippen molar-refractivity contribution >= 4 is 17.8 Å². The average Bonchev–Trinajstić information content (AvgIpc) is 2.93. The van der Waals surface area contributed by atoms with Crippen LogP contribution in [-0.4, -0.2) is 35.8 Å². The molecule has 1 heterocycles. The first kappa shape index (κ1) is 17.7. The molecule has 2 aromatic carbocycles. The van der Waals surface area contributed by atoms with Gasteiger partial charge >= 0.3 is 0 Å². The molecule has 1 aliphatic heterocycles. The Hall–Kier alpha value is -3.15. The number of carbonyl (C=O) groups is 2. The maximum absolute atomic E-state index is 13.4. The smallest absolute Gasteiger partial charge is 0.264 e. The van der Waals surface area contributed by atoms with Crippen molar-refractivity contribution in [3.05, 3.63) is 71.8 Å². The van der Waals surface area contributed by atoms with E-state index in [2.05, 4.69) is 10.6 Å². The molecule has 0 radical (unpaired) electrons. The van der Waals surface area contributed by atoms with Crippen molar-refractivity contribution in [2.75, 3.05) is 13.1 Å². The highest BCUT2D eigenvalue weighted by molar-refractivity contribution is 6.12. The zero-order chi connectivity index (χ0) is 18.6. The third kappa shape index (κ3) is 3.06. The van der Waals surface area contributed by atoms with Crippen LogP contribution in [0.5, 0.6) is 0 Å². The van der Waals surface area contributed by atoms with Gasteiger partial charge in [-0.2, -0.15) is 0 Å². The Kier molecular flexibility index (Phi) is 5.02. The molecule has 2 aromatic rings. The van der Waals surface area contributed by atoms with Gasteiger partial charge in [0, 0.05) is 6.54 Å². The maximum Gasteiger partial charge on any atom is 0.264 e. The number of rotatable bonds is 6. The lowest BCUT2D eigenvalue weighted by atomic mass is 9.82. The standard InChI is InChI=1S/C20H22N4O2/c1-2-13-22-17(25)14-24-18(26)20(23-19(24)21,15-9-5-3-6-10-15)16-11-7-4-8-12-16/h3-12H,2,13-14H2,1H3,(H2,21,23)(H,22,25). The fourth-order valence-corrected chi connectivity index (χ4v) is 3.15. The molecule has 3 N–H and O–H groups in total.